The van der Waals surface area contributed by atoms with E-state index in [1.54, 1.807) is 23.2 Å². The van der Waals surface area contributed by atoms with Gasteiger partial charge in [-0.15, -0.1) is 0 Å². The highest BCUT2D eigenvalue weighted by atomic mass is 19.1. The molecule has 3 atom stereocenters. The Kier molecular flexibility index (Phi) is 10.9. The zero-order valence-electron chi connectivity index (χ0n) is 40.3. The molecule has 2 aromatic heterocycles. The molecule has 6 fully saturated rings. The van der Waals surface area contributed by atoms with E-state index in [2.05, 4.69) is 36.4 Å². The van der Waals surface area contributed by atoms with Crippen molar-refractivity contribution in [2.75, 3.05) is 68.8 Å². The summed E-state index contributed by atoms with van der Waals surface area (Å²) < 4.78 is 38.9. The van der Waals surface area contributed by atoms with Crippen molar-refractivity contribution in [1.29, 1.82) is 0 Å². The Morgan fingerprint density at radius 1 is 0.929 bits per heavy atom. The van der Waals surface area contributed by atoms with Crippen LogP contribution in [0.25, 0.3) is 32.9 Å². The van der Waals surface area contributed by atoms with Crippen LogP contribution in [0.4, 0.5) is 20.3 Å². The number of pyridine rings is 1. The molecule has 1 spiro atoms. The normalized spacial score (nSPS) is 24.6. The lowest BCUT2D eigenvalue weighted by atomic mass is 9.71. The van der Waals surface area contributed by atoms with Crippen molar-refractivity contribution in [2.45, 2.75) is 109 Å². The summed E-state index contributed by atoms with van der Waals surface area (Å²) in [6.07, 6.45) is 9.81. The van der Waals surface area contributed by atoms with Gasteiger partial charge in [0.25, 0.3) is 0 Å². The van der Waals surface area contributed by atoms with Gasteiger partial charge in [0, 0.05) is 80.6 Å². The number of fused-ring (bicyclic) bond motifs is 5. The van der Waals surface area contributed by atoms with Crippen LogP contribution in [-0.2, 0) is 32.6 Å². The first kappa shape index (κ1) is 45.3. The van der Waals surface area contributed by atoms with E-state index in [0.717, 1.165) is 114 Å². The molecule has 1 aliphatic carbocycles. The molecular weight excluding hydrogens is 893 g/mol. The fourth-order valence-corrected chi connectivity index (χ4v) is 13.0. The molecule has 3 N–H and O–H groups in total. The SMILES string of the molecule is CCc1c(F)ccc2cc(O)cc(-c3ncc4c(N5CC6CCC(C5)N6)nc(OCC5(CN6CCC7(CC6)CN(CCc6cccc8c6C(C)(C)C(=O)N8C6CCC(=O)NC6=O)C7)CC5)nc4c3F)c12. The van der Waals surface area contributed by atoms with E-state index in [9.17, 15) is 19.5 Å². The second-order valence-electron chi connectivity index (χ2n) is 22.1. The van der Waals surface area contributed by atoms with Gasteiger partial charge in [-0.1, -0.05) is 25.1 Å². The number of aromatic hydroxyl groups is 1. The number of phenols is 1. The number of carbonyl (C=O) groups excluding carboxylic acids is 3. The highest BCUT2D eigenvalue weighted by Gasteiger charge is 2.51. The molecule has 3 amide bonds. The van der Waals surface area contributed by atoms with Crippen molar-refractivity contribution in [2.24, 2.45) is 10.8 Å². The van der Waals surface area contributed by atoms with Crippen LogP contribution in [0.5, 0.6) is 11.8 Å². The van der Waals surface area contributed by atoms with Crippen LogP contribution in [0.2, 0.25) is 0 Å². The Balaban J connectivity index is 0.714. The molecule has 16 heteroatoms. The number of nitrogens with zero attached hydrogens (tertiary/aromatic N) is 7. The van der Waals surface area contributed by atoms with Gasteiger partial charge in [-0.25, -0.2) is 8.78 Å². The number of carbonyl (C=O) groups is 3. The van der Waals surface area contributed by atoms with Gasteiger partial charge in [0.15, 0.2) is 5.82 Å². The predicted octanol–water partition coefficient (Wildman–Crippen LogP) is 6.56. The van der Waals surface area contributed by atoms with Gasteiger partial charge < -0.3 is 29.9 Å². The highest BCUT2D eigenvalue weighted by molar-refractivity contribution is 6.14. The number of piperidine rings is 2. The van der Waals surface area contributed by atoms with E-state index >= 15 is 8.78 Å². The number of anilines is 2. The number of hydrogen-bond donors (Lipinski definition) is 3. The maximum atomic E-state index is 17.2. The zero-order chi connectivity index (χ0) is 48.3. The number of ether oxygens (including phenoxy) is 1. The number of aryl methyl sites for hydroxylation is 1. The monoisotopic (exact) mass is 953 g/mol. The maximum Gasteiger partial charge on any atom is 0.319 e. The lowest BCUT2D eigenvalue weighted by Crippen LogP contribution is -2.60. The quantitative estimate of drug-likeness (QED) is 0.116. The lowest BCUT2D eigenvalue weighted by molar-refractivity contribution is -0.136. The molecule has 6 aliphatic heterocycles. The molecule has 1 saturated carbocycles. The van der Waals surface area contributed by atoms with Crippen LogP contribution in [-0.4, -0.2) is 125 Å². The minimum Gasteiger partial charge on any atom is -0.508 e. The minimum atomic E-state index is -0.774. The van der Waals surface area contributed by atoms with Crippen molar-refractivity contribution in [3.63, 3.8) is 0 Å². The zero-order valence-corrected chi connectivity index (χ0v) is 40.3. The number of nitrogens with one attached hydrogen (secondary N) is 2. The second-order valence-corrected chi connectivity index (χ2v) is 22.1. The van der Waals surface area contributed by atoms with Crippen LogP contribution in [0.3, 0.4) is 0 Å². The van der Waals surface area contributed by atoms with Gasteiger partial charge in [0.2, 0.25) is 17.7 Å². The molecule has 3 aromatic carbocycles. The van der Waals surface area contributed by atoms with E-state index < -0.39 is 29.0 Å². The van der Waals surface area contributed by atoms with Crippen LogP contribution < -0.4 is 25.2 Å². The Hall–Kier alpha value is -5.84. The fourth-order valence-electron chi connectivity index (χ4n) is 13.0. The summed E-state index contributed by atoms with van der Waals surface area (Å²) in [6.45, 7) is 13.6. The van der Waals surface area contributed by atoms with Gasteiger partial charge >= 0.3 is 6.01 Å². The van der Waals surface area contributed by atoms with Crippen molar-refractivity contribution in [1.82, 2.24) is 35.4 Å². The number of likely N-dealkylation sites (tertiary alicyclic amines) is 2. The summed E-state index contributed by atoms with van der Waals surface area (Å²) in [5, 5.41) is 18.5. The van der Waals surface area contributed by atoms with Gasteiger partial charge in [0.05, 0.1) is 17.4 Å². The Bertz CT molecular complexity index is 2970. The maximum absolute atomic E-state index is 17.2. The van der Waals surface area contributed by atoms with E-state index in [4.69, 9.17) is 14.7 Å². The molecule has 3 unspecified atom stereocenters. The molecule has 7 aliphatic rings. The van der Waals surface area contributed by atoms with Crippen molar-refractivity contribution >= 4 is 50.9 Å². The highest BCUT2D eigenvalue weighted by Crippen LogP contribution is 2.50. The number of benzene rings is 3. The lowest BCUT2D eigenvalue weighted by Gasteiger charge is -2.54. The van der Waals surface area contributed by atoms with Crippen LogP contribution in [0.15, 0.2) is 48.7 Å². The van der Waals surface area contributed by atoms with Crippen LogP contribution in [0, 0.1) is 22.5 Å². The summed E-state index contributed by atoms with van der Waals surface area (Å²) >= 11 is 0. The van der Waals surface area contributed by atoms with Crippen molar-refractivity contribution in [3.05, 3.63) is 77.0 Å². The first-order valence-electron chi connectivity index (χ1n) is 25.4. The minimum absolute atomic E-state index is 0.0121. The molecule has 5 aromatic rings. The third-order valence-corrected chi connectivity index (χ3v) is 17.0. The molecule has 8 heterocycles. The Morgan fingerprint density at radius 3 is 2.43 bits per heavy atom. The fraction of sp³-hybridized carbons (Fsp3) is 0.519. The molecule has 12 rings (SSSR count). The summed E-state index contributed by atoms with van der Waals surface area (Å²) in [6, 6.07) is 12.1. The molecule has 70 heavy (non-hydrogen) atoms. The summed E-state index contributed by atoms with van der Waals surface area (Å²) in [5.41, 5.74) is 3.22. The first-order valence-corrected chi connectivity index (χ1v) is 25.4. The number of amides is 3. The largest absolute Gasteiger partial charge is 0.508 e. The summed E-state index contributed by atoms with van der Waals surface area (Å²) in [4.78, 5) is 62.0. The average molecular weight is 954 g/mol. The van der Waals surface area contributed by atoms with Gasteiger partial charge in [-0.2, -0.15) is 9.97 Å². The van der Waals surface area contributed by atoms with E-state index in [1.807, 2.05) is 32.9 Å². The van der Waals surface area contributed by atoms with Gasteiger partial charge in [-0.3, -0.25) is 29.6 Å². The second kappa shape index (κ2) is 16.9. The summed E-state index contributed by atoms with van der Waals surface area (Å²) in [5.74, 6) is -1.32. The predicted molar refractivity (Wildman–Crippen MR) is 262 cm³/mol. The van der Waals surface area contributed by atoms with Crippen LogP contribution >= 0.6 is 0 Å². The average Bonchev–Trinajstić information content (AvgIpc) is 3.97. The third-order valence-electron chi connectivity index (χ3n) is 17.0. The van der Waals surface area contributed by atoms with E-state index in [1.165, 1.54) is 12.1 Å². The van der Waals surface area contributed by atoms with Gasteiger partial charge in [0.1, 0.15) is 34.6 Å². The molecule has 0 radical (unpaired) electrons. The number of rotatable bonds is 12. The topological polar surface area (TPSA) is 156 Å². The number of aromatic nitrogens is 3. The first-order chi connectivity index (χ1) is 33.7. The van der Waals surface area contributed by atoms with E-state index in [-0.39, 0.29) is 46.6 Å². The number of imide groups is 1. The summed E-state index contributed by atoms with van der Waals surface area (Å²) in [7, 11) is 0. The number of piperazine rings is 1. The molecular formula is C54H61F2N9O5. The smallest absolute Gasteiger partial charge is 0.319 e. The molecule has 2 bridgehead atoms. The number of halogens is 2. The molecule has 5 saturated heterocycles. The van der Waals surface area contributed by atoms with Gasteiger partial charge in [-0.05, 0) is 142 Å². The number of phenolic OH excluding ortho intramolecular Hbond substituents is 1. The van der Waals surface area contributed by atoms with Crippen molar-refractivity contribution in [3.8, 4) is 23.0 Å². The number of hydrogen-bond acceptors (Lipinski definition) is 12. The van der Waals surface area contributed by atoms with E-state index in [0.29, 0.717) is 70.1 Å². The Labute approximate surface area is 406 Å². The molecule has 14 nitrogen and oxygen atoms in total. The standard InChI is InChI=1S/C54H61F2N9O5/c1-4-36-39(55)11-8-32-22-35(66)23-37(43(32)36)46-45(56)47-38(24-57-46)48(64-25-33-9-10-34(26-64)58-33)61-51(60-47)70-30-54(15-16-54)29-62-20-17-53(18-21-62)27-63(28-53)19-14-31-6-5-7-40-44(31)52(2,3)50(69)65(40)41-12-13-42(67)59-49(41)68/h5-8,11,22-24,33-34,41,58,66H,4,9-10,12-21,25-30H2,1-3H3,(H,59,67,68). The molecule has 366 valence electrons. The Morgan fingerprint density at radius 2 is 1.70 bits per heavy atom. The third kappa shape index (κ3) is 7.75. The van der Waals surface area contributed by atoms with Crippen molar-refractivity contribution < 1.29 is 33.0 Å². The van der Waals surface area contributed by atoms with Crippen LogP contribution in [0.1, 0.15) is 88.8 Å².